The van der Waals surface area contributed by atoms with Gasteiger partial charge in [0.15, 0.2) is 11.5 Å². The number of imide groups is 1. The molecule has 2 aromatic carbocycles. The second-order valence-corrected chi connectivity index (χ2v) is 10.4. The van der Waals surface area contributed by atoms with Gasteiger partial charge < -0.3 is 19.3 Å². The maximum atomic E-state index is 13.8. The molecule has 9 heteroatoms. The highest BCUT2D eigenvalue weighted by Gasteiger charge is 2.52. The van der Waals surface area contributed by atoms with Crippen molar-refractivity contribution in [2.24, 2.45) is 0 Å². The Bertz CT molecular complexity index is 1330. The summed E-state index contributed by atoms with van der Waals surface area (Å²) in [6.45, 7) is 9.21. The number of fused-ring (bicyclic) bond motifs is 1. The molecular formula is C29H35N5O4. The second kappa shape index (κ2) is 10.6. The molecule has 0 saturated carbocycles. The van der Waals surface area contributed by atoms with Crippen LogP contribution in [0.2, 0.25) is 0 Å². The van der Waals surface area contributed by atoms with Crippen LogP contribution in [0.4, 0.5) is 10.5 Å². The van der Waals surface area contributed by atoms with Crippen molar-refractivity contribution in [1.29, 1.82) is 0 Å². The van der Waals surface area contributed by atoms with Gasteiger partial charge in [0.1, 0.15) is 12.1 Å². The molecule has 1 aromatic heterocycles. The van der Waals surface area contributed by atoms with Crippen LogP contribution in [0.1, 0.15) is 19.4 Å². The fourth-order valence-corrected chi connectivity index (χ4v) is 5.13. The van der Waals surface area contributed by atoms with Crippen LogP contribution in [-0.2, 0) is 11.3 Å². The van der Waals surface area contributed by atoms with Crippen LogP contribution in [0, 0.1) is 0 Å². The van der Waals surface area contributed by atoms with E-state index in [1.165, 1.54) is 12.0 Å². The summed E-state index contributed by atoms with van der Waals surface area (Å²) in [6, 6.07) is 14.6. The number of anilines is 1. The Kier molecular flexibility index (Phi) is 7.23. The first kappa shape index (κ1) is 25.9. The number of hydrogen-bond acceptors (Lipinski definition) is 7. The molecule has 200 valence electrons. The molecule has 3 amide bonds. The van der Waals surface area contributed by atoms with Gasteiger partial charge in [-0.3, -0.25) is 14.7 Å². The minimum Gasteiger partial charge on any atom is -0.491 e. The lowest BCUT2D eigenvalue weighted by Crippen LogP contribution is -2.45. The zero-order valence-electron chi connectivity index (χ0n) is 22.5. The van der Waals surface area contributed by atoms with E-state index in [1.807, 2.05) is 36.4 Å². The lowest BCUT2D eigenvalue weighted by Gasteiger charge is -2.32. The molecule has 2 aliphatic heterocycles. The molecule has 0 N–H and O–H groups in total. The lowest BCUT2D eigenvalue weighted by atomic mass is 10.0. The molecule has 0 atom stereocenters. The highest BCUT2D eigenvalue weighted by Crippen LogP contribution is 2.42. The number of para-hydroxylation sites is 2. The van der Waals surface area contributed by atoms with E-state index in [9.17, 15) is 9.59 Å². The molecule has 3 aromatic rings. The molecule has 9 nitrogen and oxygen atoms in total. The van der Waals surface area contributed by atoms with Crippen LogP contribution in [-0.4, -0.2) is 90.6 Å². The zero-order chi connectivity index (χ0) is 26.9. The van der Waals surface area contributed by atoms with Gasteiger partial charge in [-0.25, -0.2) is 9.69 Å². The number of hydrogen-bond donors (Lipinski definition) is 0. The van der Waals surface area contributed by atoms with Crippen molar-refractivity contribution in [3.63, 3.8) is 0 Å². The lowest BCUT2D eigenvalue weighted by molar-refractivity contribution is -0.123. The number of aromatic nitrogens is 1. The molecule has 0 aliphatic carbocycles. The quantitative estimate of drug-likeness (QED) is 0.423. The molecule has 2 saturated heterocycles. The number of rotatable bonds is 8. The number of nitrogens with zero attached hydrogens (tertiary/aromatic N) is 5. The minimum atomic E-state index is -1.05. The summed E-state index contributed by atoms with van der Waals surface area (Å²) in [7, 11) is 3.66. The Morgan fingerprint density at radius 3 is 2.50 bits per heavy atom. The van der Waals surface area contributed by atoms with Crippen molar-refractivity contribution in [2.75, 3.05) is 58.4 Å². The van der Waals surface area contributed by atoms with E-state index < -0.39 is 11.6 Å². The number of amides is 3. The summed E-state index contributed by atoms with van der Waals surface area (Å²) in [6.07, 6.45) is 1.73. The van der Waals surface area contributed by atoms with E-state index >= 15 is 0 Å². The molecule has 2 fully saturated rings. The van der Waals surface area contributed by atoms with Crippen LogP contribution in [0.25, 0.3) is 10.9 Å². The van der Waals surface area contributed by atoms with Gasteiger partial charge in [-0.05, 0) is 50.7 Å². The van der Waals surface area contributed by atoms with Crippen molar-refractivity contribution in [3.05, 3.63) is 60.3 Å². The number of pyridine rings is 1. The van der Waals surface area contributed by atoms with E-state index in [-0.39, 0.29) is 12.5 Å². The molecular weight excluding hydrogens is 482 g/mol. The van der Waals surface area contributed by atoms with Crippen LogP contribution in [0.15, 0.2) is 54.7 Å². The monoisotopic (exact) mass is 517 g/mol. The van der Waals surface area contributed by atoms with E-state index in [0.29, 0.717) is 23.8 Å². The van der Waals surface area contributed by atoms with Crippen LogP contribution in [0.5, 0.6) is 11.5 Å². The smallest absolute Gasteiger partial charge is 0.332 e. The molecule has 38 heavy (non-hydrogen) atoms. The highest BCUT2D eigenvalue weighted by molar-refractivity contribution is 6.23. The Morgan fingerprint density at radius 2 is 1.74 bits per heavy atom. The molecule has 0 bridgehead atoms. The van der Waals surface area contributed by atoms with Crippen molar-refractivity contribution in [1.82, 2.24) is 19.7 Å². The second-order valence-electron chi connectivity index (χ2n) is 10.4. The Hall–Kier alpha value is -3.69. The first-order chi connectivity index (χ1) is 18.3. The van der Waals surface area contributed by atoms with Crippen molar-refractivity contribution in [2.45, 2.75) is 25.9 Å². The molecule has 5 rings (SSSR count). The number of carbonyl (C=O) groups excluding carboxylic acids is 2. The van der Waals surface area contributed by atoms with E-state index in [1.54, 1.807) is 37.1 Å². The Morgan fingerprint density at radius 1 is 0.974 bits per heavy atom. The standard InChI is InChI=1S/C29H35N5O4/c1-29(2)27(35)34(28(36)33(29)20-21-12-13-30-23-9-6-5-8-22(21)23)24-10-7-11-25(26(24)37-4)38-19-18-32-16-14-31(3)15-17-32/h5-13H,14-20H2,1-4H3. The number of piperazine rings is 1. The average Bonchev–Trinajstić information content (AvgIpc) is 3.08. The first-order valence-electron chi connectivity index (χ1n) is 13.0. The number of carbonyl (C=O) groups is 2. The van der Waals surface area contributed by atoms with Gasteiger partial charge in [-0.1, -0.05) is 24.3 Å². The molecule has 3 heterocycles. The number of benzene rings is 2. The van der Waals surface area contributed by atoms with Crippen molar-refractivity contribution < 1.29 is 19.1 Å². The topological polar surface area (TPSA) is 78.5 Å². The van der Waals surface area contributed by atoms with E-state index in [4.69, 9.17) is 9.47 Å². The predicted molar refractivity (Wildman–Crippen MR) is 147 cm³/mol. The van der Waals surface area contributed by atoms with Gasteiger partial charge in [0.2, 0.25) is 0 Å². The molecule has 0 spiro atoms. The summed E-state index contributed by atoms with van der Waals surface area (Å²) < 4.78 is 11.8. The fourth-order valence-electron chi connectivity index (χ4n) is 5.13. The van der Waals surface area contributed by atoms with E-state index in [2.05, 4.69) is 21.8 Å². The van der Waals surface area contributed by atoms with Gasteiger partial charge in [-0.15, -0.1) is 0 Å². The third-order valence-corrected chi connectivity index (χ3v) is 7.56. The first-order valence-corrected chi connectivity index (χ1v) is 13.0. The number of likely N-dealkylation sites (N-methyl/N-ethyl adjacent to an activating group) is 1. The van der Waals surface area contributed by atoms with Gasteiger partial charge in [0, 0.05) is 50.9 Å². The Labute approximate surface area is 223 Å². The number of ether oxygens (including phenoxy) is 2. The Balaban J connectivity index is 1.38. The summed E-state index contributed by atoms with van der Waals surface area (Å²) in [5, 5.41) is 0.956. The van der Waals surface area contributed by atoms with Crippen molar-refractivity contribution >= 4 is 28.5 Å². The largest absolute Gasteiger partial charge is 0.491 e. The molecule has 0 radical (unpaired) electrons. The summed E-state index contributed by atoms with van der Waals surface area (Å²) in [4.78, 5) is 39.4. The third kappa shape index (κ3) is 4.79. The van der Waals surface area contributed by atoms with Gasteiger partial charge in [0.05, 0.1) is 18.3 Å². The van der Waals surface area contributed by atoms with Gasteiger partial charge >= 0.3 is 6.03 Å². The fraction of sp³-hybridized carbons (Fsp3) is 0.414. The highest BCUT2D eigenvalue weighted by atomic mass is 16.5. The van der Waals surface area contributed by atoms with Crippen LogP contribution >= 0.6 is 0 Å². The maximum Gasteiger partial charge on any atom is 0.332 e. The minimum absolute atomic E-state index is 0.278. The van der Waals surface area contributed by atoms with Crippen LogP contribution in [0.3, 0.4) is 0 Å². The zero-order valence-corrected chi connectivity index (χ0v) is 22.5. The number of methoxy groups -OCH3 is 1. The van der Waals surface area contributed by atoms with Gasteiger partial charge in [0.25, 0.3) is 5.91 Å². The van der Waals surface area contributed by atoms with E-state index in [0.717, 1.165) is 49.2 Å². The van der Waals surface area contributed by atoms with Crippen molar-refractivity contribution in [3.8, 4) is 11.5 Å². The third-order valence-electron chi connectivity index (χ3n) is 7.56. The summed E-state index contributed by atoms with van der Waals surface area (Å²) >= 11 is 0. The summed E-state index contributed by atoms with van der Waals surface area (Å²) in [5.41, 5.74) is 1.11. The summed E-state index contributed by atoms with van der Waals surface area (Å²) in [5.74, 6) is 0.574. The van der Waals surface area contributed by atoms with Gasteiger partial charge in [-0.2, -0.15) is 0 Å². The molecule has 0 unspecified atom stereocenters. The normalized spacial score (nSPS) is 18.4. The number of urea groups is 1. The SMILES string of the molecule is COc1c(OCCN2CCN(C)CC2)cccc1N1C(=O)N(Cc2ccnc3ccccc23)C(C)(C)C1=O. The molecule has 2 aliphatic rings. The van der Waals surface area contributed by atoms with Crippen LogP contribution < -0.4 is 14.4 Å². The maximum absolute atomic E-state index is 13.8. The predicted octanol–water partition coefficient (Wildman–Crippen LogP) is 3.62. The average molecular weight is 518 g/mol.